The molecular weight excluding hydrogens is 386 g/mol. The highest BCUT2D eigenvalue weighted by Crippen LogP contribution is 2.39. The molecule has 8 nitrogen and oxygen atoms in total. The molecule has 3 heterocycles. The van der Waals surface area contributed by atoms with Crippen LogP contribution in [0.3, 0.4) is 0 Å². The predicted octanol–water partition coefficient (Wildman–Crippen LogP) is 2.58. The van der Waals surface area contributed by atoms with Gasteiger partial charge >= 0.3 is 5.97 Å². The van der Waals surface area contributed by atoms with Crippen molar-refractivity contribution in [3.8, 4) is 0 Å². The molecule has 10 heteroatoms. The Morgan fingerprint density at radius 3 is 3.11 bits per heavy atom. The van der Waals surface area contributed by atoms with Crippen molar-refractivity contribution >= 4 is 45.8 Å². The van der Waals surface area contributed by atoms with Gasteiger partial charge in [-0.25, -0.2) is 14.3 Å². The lowest BCUT2D eigenvalue weighted by Crippen LogP contribution is -2.16. The fraction of sp³-hybridized carbons (Fsp3) is 0.353. The number of amides is 1. The number of esters is 1. The lowest BCUT2D eigenvalue weighted by Gasteiger charge is -2.07. The fourth-order valence-electron chi connectivity index (χ4n) is 2.98. The van der Waals surface area contributed by atoms with Crippen LogP contribution in [0.25, 0.3) is 5.78 Å². The fourth-order valence-corrected chi connectivity index (χ4v) is 4.90. The van der Waals surface area contributed by atoms with E-state index in [2.05, 4.69) is 20.4 Å². The number of anilines is 1. The summed E-state index contributed by atoms with van der Waals surface area (Å²) in [7, 11) is 0. The van der Waals surface area contributed by atoms with E-state index in [0.29, 0.717) is 28.1 Å². The highest BCUT2D eigenvalue weighted by molar-refractivity contribution is 7.99. The maximum atomic E-state index is 12.4. The number of thiophene rings is 1. The van der Waals surface area contributed by atoms with Gasteiger partial charge < -0.3 is 10.1 Å². The van der Waals surface area contributed by atoms with Crippen molar-refractivity contribution in [2.24, 2.45) is 0 Å². The smallest absolute Gasteiger partial charge is 0.341 e. The molecule has 0 saturated carbocycles. The molecular formula is C17H17N5O3S2. The van der Waals surface area contributed by atoms with Gasteiger partial charge in [-0.3, -0.25) is 4.79 Å². The number of nitrogens with zero attached hydrogens (tertiary/aromatic N) is 4. The van der Waals surface area contributed by atoms with Gasteiger partial charge in [0.05, 0.1) is 17.9 Å². The molecule has 1 aliphatic rings. The second-order valence-corrected chi connectivity index (χ2v) is 7.93. The number of aromatic nitrogens is 4. The second-order valence-electron chi connectivity index (χ2n) is 5.88. The van der Waals surface area contributed by atoms with Crippen molar-refractivity contribution in [3.05, 3.63) is 34.5 Å². The van der Waals surface area contributed by atoms with Crippen LogP contribution < -0.4 is 5.32 Å². The van der Waals surface area contributed by atoms with Crippen LogP contribution in [0.1, 0.15) is 34.1 Å². The Balaban J connectivity index is 1.45. The molecule has 1 amide bonds. The summed E-state index contributed by atoms with van der Waals surface area (Å²) in [5, 5.41) is 8.17. The Morgan fingerprint density at radius 2 is 2.30 bits per heavy atom. The van der Waals surface area contributed by atoms with Crippen molar-refractivity contribution in [2.75, 3.05) is 17.7 Å². The second kappa shape index (κ2) is 7.65. The van der Waals surface area contributed by atoms with Gasteiger partial charge in [-0.05, 0) is 37.8 Å². The van der Waals surface area contributed by atoms with Crippen LogP contribution in [0.4, 0.5) is 5.00 Å². The number of rotatable bonds is 6. The first kappa shape index (κ1) is 17.9. The summed E-state index contributed by atoms with van der Waals surface area (Å²) in [5.74, 6) is 0.0479. The molecule has 1 aliphatic carbocycles. The zero-order valence-corrected chi connectivity index (χ0v) is 16.2. The van der Waals surface area contributed by atoms with Crippen LogP contribution >= 0.6 is 23.1 Å². The Hall–Kier alpha value is -2.46. The molecule has 140 valence electrons. The molecule has 0 aromatic carbocycles. The van der Waals surface area contributed by atoms with Crippen LogP contribution in [0, 0.1) is 0 Å². The maximum absolute atomic E-state index is 12.4. The van der Waals surface area contributed by atoms with Crippen LogP contribution in [0.5, 0.6) is 0 Å². The molecule has 1 N–H and O–H groups in total. The molecule has 0 atom stereocenters. The van der Waals surface area contributed by atoms with Crippen LogP contribution in [-0.4, -0.2) is 43.8 Å². The van der Waals surface area contributed by atoms with Gasteiger partial charge in [0, 0.05) is 17.3 Å². The standard InChI is InChI=1S/C17H17N5O3S2/c1-2-25-15(24)13-10-5-3-6-11(10)27-14(13)19-12(23)9-26-17-20-16-18-7-4-8-22(16)21-17/h4,7-8H,2-3,5-6,9H2,1H3,(H,19,23). The number of hydrogen-bond acceptors (Lipinski definition) is 8. The van der Waals surface area contributed by atoms with Gasteiger partial charge in [0.1, 0.15) is 5.00 Å². The molecule has 0 bridgehead atoms. The molecule has 3 aromatic heterocycles. The van der Waals surface area contributed by atoms with Crippen molar-refractivity contribution in [2.45, 2.75) is 31.3 Å². The molecule has 0 spiro atoms. The highest BCUT2D eigenvalue weighted by Gasteiger charge is 2.28. The average Bonchev–Trinajstić information content (AvgIpc) is 3.33. The third-order valence-corrected chi connectivity index (χ3v) is 6.13. The average molecular weight is 403 g/mol. The lowest BCUT2D eigenvalue weighted by atomic mass is 10.1. The van der Waals surface area contributed by atoms with E-state index in [1.54, 1.807) is 29.9 Å². The summed E-state index contributed by atoms with van der Waals surface area (Å²) in [6.07, 6.45) is 6.21. The number of carbonyl (C=O) groups is 2. The van der Waals surface area contributed by atoms with E-state index in [1.807, 2.05) is 0 Å². The summed E-state index contributed by atoms with van der Waals surface area (Å²) in [4.78, 5) is 34.3. The van der Waals surface area contributed by atoms with Gasteiger partial charge in [0.25, 0.3) is 5.78 Å². The topological polar surface area (TPSA) is 98.5 Å². The summed E-state index contributed by atoms with van der Waals surface area (Å²) in [6, 6.07) is 1.76. The zero-order valence-electron chi connectivity index (χ0n) is 14.6. The Bertz CT molecular complexity index is 980. The number of fused-ring (bicyclic) bond motifs is 2. The quantitative estimate of drug-likeness (QED) is 0.499. The summed E-state index contributed by atoms with van der Waals surface area (Å²) >= 11 is 2.69. The summed E-state index contributed by atoms with van der Waals surface area (Å²) < 4.78 is 6.74. The monoisotopic (exact) mass is 403 g/mol. The van der Waals surface area contributed by atoms with Gasteiger partial charge in [-0.15, -0.1) is 16.4 Å². The molecule has 0 saturated heterocycles. The van der Waals surface area contributed by atoms with E-state index in [1.165, 1.54) is 23.1 Å². The van der Waals surface area contributed by atoms with E-state index in [0.717, 1.165) is 29.7 Å². The zero-order chi connectivity index (χ0) is 18.8. The number of thioether (sulfide) groups is 1. The van der Waals surface area contributed by atoms with Gasteiger partial charge in [0.15, 0.2) is 0 Å². The van der Waals surface area contributed by atoms with E-state index in [4.69, 9.17) is 4.74 Å². The molecule has 0 radical (unpaired) electrons. The van der Waals surface area contributed by atoms with Crippen LogP contribution in [-0.2, 0) is 22.4 Å². The van der Waals surface area contributed by atoms with Gasteiger partial charge in [-0.2, -0.15) is 4.98 Å². The normalized spacial score (nSPS) is 12.9. The molecule has 0 aliphatic heterocycles. The largest absolute Gasteiger partial charge is 0.462 e. The van der Waals surface area contributed by atoms with E-state index >= 15 is 0 Å². The molecule has 0 unspecified atom stereocenters. The van der Waals surface area contributed by atoms with Gasteiger partial charge in [0.2, 0.25) is 11.1 Å². The molecule has 4 rings (SSSR count). The van der Waals surface area contributed by atoms with Crippen molar-refractivity contribution < 1.29 is 14.3 Å². The van der Waals surface area contributed by atoms with Crippen molar-refractivity contribution in [1.82, 2.24) is 19.6 Å². The number of carbonyl (C=O) groups excluding carboxylic acids is 2. The summed E-state index contributed by atoms with van der Waals surface area (Å²) in [6.45, 7) is 2.08. The number of hydrogen-bond donors (Lipinski definition) is 1. The molecule has 3 aromatic rings. The minimum atomic E-state index is -0.368. The number of ether oxygens (including phenoxy) is 1. The van der Waals surface area contributed by atoms with Crippen molar-refractivity contribution in [1.29, 1.82) is 0 Å². The minimum absolute atomic E-state index is 0.141. The first-order valence-electron chi connectivity index (χ1n) is 8.57. The highest BCUT2D eigenvalue weighted by atomic mass is 32.2. The first-order valence-corrected chi connectivity index (χ1v) is 10.4. The number of nitrogens with one attached hydrogen (secondary N) is 1. The minimum Gasteiger partial charge on any atom is -0.462 e. The Kier molecular flexibility index (Phi) is 5.08. The number of aryl methyl sites for hydroxylation is 1. The van der Waals surface area contributed by atoms with Gasteiger partial charge in [-0.1, -0.05) is 11.8 Å². The Morgan fingerprint density at radius 1 is 1.41 bits per heavy atom. The van der Waals surface area contributed by atoms with Crippen LogP contribution in [0.15, 0.2) is 23.6 Å². The molecule has 0 fully saturated rings. The van der Waals surface area contributed by atoms with E-state index in [9.17, 15) is 9.59 Å². The first-order chi connectivity index (χ1) is 13.2. The molecule has 27 heavy (non-hydrogen) atoms. The third kappa shape index (κ3) is 3.67. The SMILES string of the molecule is CCOC(=O)c1c(NC(=O)CSc2nc3ncccn3n2)sc2c1CCC2. The van der Waals surface area contributed by atoms with Crippen molar-refractivity contribution in [3.63, 3.8) is 0 Å². The maximum Gasteiger partial charge on any atom is 0.341 e. The predicted molar refractivity (Wildman–Crippen MR) is 102 cm³/mol. The third-order valence-electron chi connectivity index (χ3n) is 4.08. The van der Waals surface area contributed by atoms with E-state index < -0.39 is 0 Å². The van der Waals surface area contributed by atoms with E-state index in [-0.39, 0.29) is 17.6 Å². The lowest BCUT2D eigenvalue weighted by molar-refractivity contribution is -0.113. The van der Waals surface area contributed by atoms with Crippen LogP contribution in [0.2, 0.25) is 0 Å². The Labute approximate surface area is 163 Å². The summed E-state index contributed by atoms with van der Waals surface area (Å²) in [5.41, 5.74) is 1.54.